The maximum atomic E-state index is 11.1. The van der Waals surface area contributed by atoms with Crippen LogP contribution in [0.3, 0.4) is 0 Å². The van der Waals surface area contributed by atoms with Crippen molar-refractivity contribution < 1.29 is 14.8 Å². The molecule has 2 rings (SSSR count). The van der Waals surface area contributed by atoms with Crippen LogP contribution in [0, 0.1) is 33.3 Å². The smallest absolute Gasteiger partial charge is 0.312 e. The molecule has 0 unspecified atom stereocenters. The number of hydrogen-bond donors (Lipinski definition) is 1. The fourth-order valence-electron chi connectivity index (χ4n) is 2.35. The molecular weight excluding hydrogens is 264 g/mol. The van der Waals surface area contributed by atoms with Crippen LogP contribution >= 0.6 is 0 Å². The Morgan fingerprint density at radius 3 is 2.85 bits per heavy atom. The van der Waals surface area contributed by atoms with E-state index < -0.39 is 16.8 Å². The van der Waals surface area contributed by atoms with Gasteiger partial charge in [0.2, 0.25) is 5.82 Å². The molecule has 104 valence electrons. The van der Waals surface area contributed by atoms with Crippen LogP contribution in [0.2, 0.25) is 0 Å². The van der Waals surface area contributed by atoms with Crippen molar-refractivity contribution in [1.29, 1.82) is 5.26 Å². The summed E-state index contributed by atoms with van der Waals surface area (Å²) >= 11 is 0. The molecule has 2 atom stereocenters. The summed E-state index contributed by atoms with van der Waals surface area (Å²) < 4.78 is 0. The maximum Gasteiger partial charge on any atom is 0.312 e. The molecule has 1 saturated heterocycles. The fourth-order valence-corrected chi connectivity index (χ4v) is 2.35. The third-order valence-electron chi connectivity index (χ3n) is 3.40. The second-order valence-electron chi connectivity index (χ2n) is 4.76. The summed E-state index contributed by atoms with van der Waals surface area (Å²) in [6.45, 7) is 2.35. The first-order chi connectivity index (χ1) is 9.43. The topological polar surface area (TPSA) is 120 Å². The zero-order chi connectivity index (χ0) is 14.9. The molecule has 0 spiro atoms. The number of nitrogens with zero attached hydrogens (tertiary/aromatic N) is 4. The van der Waals surface area contributed by atoms with Crippen molar-refractivity contribution >= 4 is 17.5 Å². The number of hydrogen-bond acceptors (Lipinski definition) is 6. The zero-order valence-corrected chi connectivity index (χ0v) is 10.7. The molecule has 0 aromatic carbocycles. The van der Waals surface area contributed by atoms with Gasteiger partial charge in [0.25, 0.3) is 0 Å². The van der Waals surface area contributed by atoms with Gasteiger partial charge in [-0.3, -0.25) is 14.9 Å². The van der Waals surface area contributed by atoms with Crippen molar-refractivity contribution in [2.24, 2.45) is 11.8 Å². The molecule has 2 heterocycles. The van der Waals surface area contributed by atoms with Crippen molar-refractivity contribution in [3.8, 4) is 6.07 Å². The van der Waals surface area contributed by atoms with E-state index in [1.807, 2.05) is 0 Å². The fraction of sp³-hybridized carbons (Fsp3) is 0.417. The van der Waals surface area contributed by atoms with Crippen LogP contribution in [-0.2, 0) is 4.79 Å². The first kappa shape index (κ1) is 13.7. The lowest BCUT2D eigenvalue weighted by Crippen LogP contribution is -2.24. The summed E-state index contributed by atoms with van der Waals surface area (Å²) in [5.74, 6) is -1.50. The van der Waals surface area contributed by atoms with Gasteiger partial charge in [-0.2, -0.15) is 5.26 Å². The Morgan fingerprint density at radius 1 is 1.65 bits per heavy atom. The third kappa shape index (κ3) is 2.38. The van der Waals surface area contributed by atoms with Gasteiger partial charge in [0.05, 0.1) is 16.4 Å². The SMILES string of the molecule is C[C@@H]1CN(c2ncc(C#N)cc2[N+](=O)[O-])C[C@H]1C(=O)O. The van der Waals surface area contributed by atoms with Crippen LogP contribution in [-0.4, -0.2) is 34.1 Å². The van der Waals surface area contributed by atoms with Gasteiger partial charge in [0.15, 0.2) is 0 Å². The molecule has 0 aliphatic carbocycles. The van der Waals surface area contributed by atoms with Gasteiger partial charge >= 0.3 is 11.7 Å². The predicted molar refractivity (Wildman–Crippen MR) is 68.1 cm³/mol. The number of carboxylic acid groups (broad SMARTS) is 1. The van der Waals surface area contributed by atoms with Gasteiger partial charge in [-0.15, -0.1) is 0 Å². The van der Waals surface area contributed by atoms with E-state index in [1.54, 1.807) is 17.9 Å². The van der Waals surface area contributed by atoms with Gasteiger partial charge in [-0.25, -0.2) is 4.98 Å². The standard InChI is InChI=1S/C12H12N4O4/c1-7-5-15(6-9(7)12(17)18)11-10(16(19)20)2-8(3-13)4-14-11/h2,4,7,9H,5-6H2,1H3,(H,17,18)/t7-,9-/m1/s1. The zero-order valence-electron chi connectivity index (χ0n) is 10.7. The number of aliphatic carboxylic acids is 1. The second kappa shape index (κ2) is 5.13. The quantitative estimate of drug-likeness (QED) is 0.646. The van der Waals surface area contributed by atoms with Gasteiger partial charge in [-0.1, -0.05) is 6.92 Å². The molecular formula is C12H12N4O4. The first-order valence-corrected chi connectivity index (χ1v) is 5.96. The number of anilines is 1. The Kier molecular flexibility index (Phi) is 3.52. The monoisotopic (exact) mass is 276 g/mol. The summed E-state index contributed by atoms with van der Waals surface area (Å²) in [5.41, 5.74) is -0.176. The minimum Gasteiger partial charge on any atom is -0.481 e. The molecule has 0 saturated carbocycles. The number of rotatable bonds is 3. The number of pyridine rings is 1. The van der Waals surface area contributed by atoms with E-state index in [0.717, 1.165) is 6.07 Å². The van der Waals surface area contributed by atoms with Crippen molar-refractivity contribution in [3.05, 3.63) is 27.9 Å². The van der Waals surface area contributed by atoms with Crippen LogP contribution in [0.25, 0.3) is 0 Å². The Morgan fingerprint density at radius 2 is 2.35 bits per heavy atom. The van der Waals surface area contributed by atoms with E-state index in [0.29, 0.717) is 6.54 Å². The van der Waals surface area contributed by atoms with Gasteiger partial charge in [-0.05, 0) is 5.92 Å². The van der Waals surface area contributed by atoms with Crippen LogP contribution in [0.1, 0.15) is 12.5 Å². The Labute approximate surface area is 114 Å². The lowest BCUT2D eigenvalue weighted by molar-refractivity contribution is -0.384. The number of nitro groups is 1. The summed E-state index contributed by atoms with van der Waals surface area (Å²) in [6, 6.07) is 2.95. The highest BCUT2D eigenvalue weighted by Crippen LogP contribution is 2.33. The van der Waals surface area contributed by atoms with Crippen LogP contribution < -0.4 is 4.90 Å². The highest BCUT2D eigenvalue weighted by Gasteiger charge is 2.37. The van der Waals surface area contributed by atoms with Crippen LogP contribution in [0.4, 0.5) is 11.5 Å². The van der Waals surface area contributed by atoms with E-state index in [1.165, 1.54) is 6.20 Å². The number of carboxylic acids is 1. The molecule has 8 nitrogen and oxygen atoms in total. The Bertz CT molecular complexity index is 610. The lowest BCUT2D eigenvalue weighted by Gasteiger charge is -2.16. The predicted octanol–water partition coefficient (Wildman–Crippen LogP) is 1.02. The summed E-state index contributed by atoms with van der Waals surface area (Å²) in [5, 5.41) is 28.9. The summed E-state index contributed by atoms with van der Waals surface area (Å²) in [4.78, 5) is 27.1. The van der Waals surface area contributed by atoms with Crippen molar-refractivity contribution in [2.75, 3.05) is 18.0 Å². The average molecular weight is 276 g/mol. The maximum absolute atomic E-state index is 11.1. The summed E-state index contributed by atoms with van der Waals surface area (Å²) in [6.07, 6.45) is 1.25. The molecule has 1 fully saturated rings. The number of aromatic nitrogens is 1. The average Bonchev–Trinajstić information content (AvgIpc) is 2.80. The Balaban J connectivity index is 2.37. The van der Waals surface area contributed by atoms with Crippen LogP contribution in [0.15, 0.2) is 12.3 Å². The highest BCUT2D eigenvalue weighted by molar-refractivity contribution is 5.73. The minimum absolute atomic E-state index is 0.0995. The van der Waals surface area contributed by atoms with Gasteiger partial charge < -0.3 is 10.0 Å². The van der Waals surface area contributed by atoms with Gasteiger partial charge in [0.1, 0.15) is 6.07 Å². The lowest BCUT2D eigenvalue weighted by atomic mass is 9.99. The van der Waals surface area contributed by atoms with Gasteiger partial charge in [0, 0.05) is 25.4 Å². The molecule has 1 aromatic rings. The molecule has 1 aliphatic rings. The molecule has 0 bridgehead atoms. The van der Waals surface area contributed by atoms with Crippen molar-refractivity contribution in [3.63, 3.8) is 0 Å². The first-order valence-electron chi connectivity index (χ1n) is 5.96. The Hall–Kier alpha value is -2.69. The number of nitriles is 1. The molecule has 0 amide bonds. The molecule has 8 heteroatoms. The summed E-state index contributed by atoms with van der Waals surface area (Å²) in [7, 11) is 0. The molecule has 20 heavy (non-hydrogen) atoms. The van der Waals surface area contributed by atoms with Crippen molar-refractivity contribution in [2.45, 2.75) is 6.92 Å². The van der Waals surface area contributed by atoms with Crippen molar-refractivity contribution in [1.82, 2.24) is 4.98 Å². The minimum atomic E-state index is -0.920. The highest BCUT2D eigenvalue weighted by atomic mass is 16.6. The molecule has 0 radical (unpaired) electrons. The van der Waals surface area contributed by atoms with E-state index in [-0.39, 0.29) is 29.5 Å². The number of carbonyl (C=O) groups is 1. The molecule has 1 aliphatic heterocycles. The largest absolute Gasteiger partial charge is 0.481 e. The molecule has 1 aromatic heterocycles. The van der Waals surface area contributed by atoms with Crippen LogP contribution in [0.5, 0.6) is 0 Å². The van der Waals surface area contributed by atoms with E-state index >= 15 is 0 Å². The third-order valence-corrected chi connectivity index (χ3v) is 3.40. The van der Waals surface area contributed by atoms with E-state index in [4.69, 9.17) is 10.4 Å². The normalized spacial score (nSPS) is 21.5. The second-order valence-corrected chi connectivity index (χ2v) is 4.76. The van der Waals surface area contributed by atoms with E-state index in [9.17, 15) is 14.9 Å². The van der Waals surface area contributed by atoms with E-state index in [2.05, 4.69) is 4.98 Å². The molecule has 1 N–H and O–H groups in total.